The third-order valence-electron chi connectivity index (χ3n) is 2.34. The van der Waals surface area contributed by atoms with Gasteiger partial charge in [-0.3, -0.25) is 4.79 Å². The Kier molecular flexibility index (Phi) is 1.58. The van der Waals surface area contributed by atoms with Crippen LogP contribution in [0, 0.1) is 0 Å². The molecule has 2 rings (SSSR count). The molecular weight excluding hydrogens is 148 g/mol. The Bertz CT molecular complexity index is 361. The molecule has 1 aliphatic carbocycles. The third-order valence-corrected chi connectivity index (χ3v) is 2.34. The van der Waals surface area contributed by atoms with Crippen LogP contribution < -0.4 is 0 Å². The van der Waals surface area contributed by atoms with Crippen LogP contribution >= 0.6 is 0 Å². The van der Waals surface area contributed by atoms with Crippen molar-refractivity contribution in [2.45, 2.75) is 13.3 Å². The molecule has 0 unspecified atom stereocenters. The standard InChI is InChI=1S/C11H10O/c1-8-6-9-4-2-3-5-10(9)11(8)7-12/h2-5,7H,6H2,1H3. The highest BCUT2D eigenvalue weighted by atomic mass is 16.1. The van der Waals surface area contributed by atoms with Gasteiger partial charge in [0.1, 0.15) is 0 Å². The summed E-state index contributed by atoms with van der Waals surface area (Å²) in [4.78, 5) is 10.7. The van der Waals surface area contributed by atoms with Crippen LogP contribution in [0.3, 0.4) is 0 Å². The molecule has 1 aromatic rings. The van der Waals surface area contributed by atoms with Gasteiger partial charge < -0.3 is 0 Å². The molecule has 0 saturated carbocycles. The number of rotatable bonds is 1. The predicted octanol–water partition coefficient (Wildman–Crippen LogP) is 2.22. The normalized spacial score (nSPS) is 14.8. The number of fused-ring (bicyclic) bond motifs is 1. The van der Waals surface area contributed by atoms with Gasteiger partial charge in [-0.1, -0.05) is 29.8 Å². The lowest BCUT2D eigenvalue weighted by Crippen LogP contribution is -1.83. The molecule has 0 aliphatic heterocycles. The molecule has 0 atom stereocenters. The highest BCUT2D eigenvalue weighted by Gasteiger charge is 2.16. The topological polar surface area (TPSA) is 17.1 Å². The minimum Gasteiger partial charge on any atom is -0.298 e. The fourth-order valence-corrected chi connectivity index (χ4v) is 1.71. The van der Waals surface area contributed by atoms with Crippen LogP contribution in [0.15, 0.2) is 29.8 Å². The van der Waals surface area contributed by atoms with Gasteiger partial charge in [0.2, 0.25) is 0 Å². The average Bonchev–Trinajstić information content (AvgIpc) is 2.40. The first-order chi connectivity index (χ1) is 5.83. The van der Waals surface area contributed by atoms with E-state index in [4.69, 9.17) is 0 Å². The zero-order valence-electron chi connectivity index (χ0n) is 7.00. The van der Waals surface area contributed by atoms with E-state index in [0.717, 1.165) is 23.8 Å². The van der Waals surface area contributed by atoms with Gasteiger partial charge in [-0.15, -0.1) is 0 Å². The number of carbonyl (C=O) groups excluding carboxylic acids is 1. The van der Waals surface area contributed by atoms with E-state index in [2.05, 4.69) is 6.07 Å². The Morgan fingerprint density at radius 1 is 1.33 bits per heavy atom. The second-order valence-corrected chi connectivity index (χ2v) is 3.15. The second kappa shape index (κ2) is 2.59. The number of aldehydes is 1. The summed E-state index contributed by atoms with van der Waals surface area (Å²) in [6.07, 6.45) is 1.89. The van der Waals surface area contributed by atoms with Crippen LogP contribution in [0.25, 0.3) is 5.57 Å². The van der Waals surface area contributed by atoms with Crippen molar-refractivity contribution in [3.05, 3.63) is 41.0 Å². The minimum absolute atomic E-state index is 0.880. The molecule has 0 bridgehead atoms. The Labute approximate surface area is 71.7 Å². The Balaban J connectivity index is 2.60. The molecule has 0 saturated heterocycles. The lowest BCUT2D eigenvalue weighted by Gasteiger charge is -1.96. The van der Waals surface area contributed by atoms with Crippen molar-refractivity contribution in [3.8, 4) is 0 Å². The van der Waals surface area contributed by atoms with Gasteiger partial charge in [-0.2, -0.15) is 0 Å². The summed E-state index contributed by atoms with van der Waals surface area (Å²) >= 11 is 0. The van der Waals surface area contributed by atoms with Gasteiger partial charge >= 0.3 is 0 Å². The summed E-state index contributed by atoms with van der Waals surface area (Å²) < 4.78 is 0. The van der Waals surface area contributed by atoms with E-state index in [1.165, 1.54) is 11.1 Å². The maximum absolute atomic E-state index is 10.7. The molecule has 0 amide bonds. The van der Waals surface area contributed by atoms with E-state index in [1.54, 1.807) is 0 Å². The molecule has 1 nitrogen and oxygen atoms in total. The summed E-state index contributed by atoms with van der Waals surface area (Å²) in [6.45, 7) is 2.02. The summed E-state index contributed by atoms with van der Waals surface area (Å²) in [5.74, 6) is 0. The highest BCUT2D eigenvalue weighted by Crippen LogP contribution is 2.30. The largest absolute Gasteiger partial charge is 0.298 e. The monoisotopic (exact) mass is 158 g/mol. The Morgan fingerprint density at radius 3 is 2.83 bits per heavy atom. The molecule has 0 N–H and O–H groups in total. The first kappa shape index (κ1) is 7.29. The van der Waals surface area contributed by atoms with Crippen molar-refractivity contribution in [1.82, 2.24) is 0 Å². The zero-order valence-corrected chi connectivity index (χ0v) is 7.00. The van der Waals surface area contributed by atoms with Crippen LogP contribution in [-0.4, -0.2) is 6.29 Å². The SMILES string of the molecule is CC1=C(C=O)c2ccccc2C1. The molecule has 1 aliphatic rings. The molecule has 1 heteroatoms. The summed E-state index contributed by atoms with van der Waals surface area (Å²) in [5.41, 5.74) is 4.46. The van der Waals surface area contributed by atoms with Crippen LogP contribution in [0.1, 0.15) is 18.1 Å². The molecule has 60 valence electrons. The van der Waals surface area contributed by atoms with E-state index >= 15 is 0 Å². The fraction of sp³-hybridized carbons (Fsp3) is 0.182. The number of hydrogen-bond donors (Lipinski definition) is 0. The second-order valence-electron chi connectivity index (χ2n) is 3.15. The molecule has 0 fully saturated rings. The van der Waals surface area contributed by atoms with Gasteiger partial charge in [0.05, 0.1) is 0 Å². The molecule has 0 aromatic heterocycles. The van der Waals surface area contributed by atoms with Gasteiger partial charge in [0.25, 0.3) is 0 Å². The van der Waals surface area contributed by atoms with Crippen molar-refractivity contribution in [3.63, 3.8) is 0 Å². The molecule has 0 radical (unpaired) electrons. The summed E-state index contributed by atoms with van der Waals surface area (Å²) in [7, 11) is 0. The zero-order chi connectivity index (χ0) is 8.55. The predicted molar refractivity (Wildman–Crippen MR) is 48.8 cm³/mol. The van der Waals surface area contributed by atoms with E-state index in [9.17, 15) is 4.79 Å². The minimum atomic E-state index is 0.880. The summed E-state index contributed by atoms with van der Waals surface area (Å²) in [5, 5.41) is 0. The van der Waals surface area contributed by atoms with Gasteiger partial charge in [-0.05, 0) is 24.5 Å². The third kappa shape index (κ3) is 0.900. The van der Waals surface area contributed by atoms with Gasteiger partial charge in [-0.25, -0.2) is 0 Å². The molecule has 12 heavy (non-hydrogen) atoms. The number of carbonyl (C=O) groups is 1. The Morgan fingerprint density at radius 2 is 2.08 bits per heavy atom. The number of benzene rings is 1. The van der Waals surface area contributed by atoms with Crippen molar-refractivity contribution >= 4 is 11.9 Å². The quantitative estimate of drug-likeness (QED) is 0.573. The van der Waals surface area contributed by atoms with Crippen molar-refractivity contribution in [1.29, 1.82) is 0 Å². The first-order valence-electron chi connectivity index (χ1n) is 4.06. The van der Waals surface area contributed by atoms with Crippen LogP contribution in [-0.2, 0) is 11.2 Å². The van der Waals surface area contributed by atoms with Gasteiger partial charge in [0, 0.05) is 5.57 Å². The summed E-state index contributed by atoms with van der Waals surface area (Å²) in [6, 6.07) is 8.08. The van der Waals surface area contributed by atoms with Crippen molar-refractivity contribution < 1.29 is 4.79 Å². The van der Waals surface area contributed by atoms with E-state index < -0.39 is 0 Å². The molecular formula is C11H10O. The lowest BCUT2D eigenvalue weighted by atomic mass is 10.1. The van der Waals surface area contributed by atoms with Crippen LogP contribution in [0.5, 0.6) is 0 Å². The van der Waals surface area contributed by atoms with Gasteiger partial charge in [0.15, 0.2) is 6.29 Å². The average molecular weight is 158 g/mol. The fourth-order valence-electron chi connectivity index (χ4n) is 1.71. The van der Waals surface area contributed by atoms with Crippen LogP contribution in [0.2, 0.25) is 0 Å². The van der Waals surface area contributed by atoms with Crippen LogP contribution in [0.4, 0.5) is 0 Å². The Hall–Kier alpha value is -1.37. The molecule has 0 spiro atoms. The van der Waals surface area contributed by atoms with E-state index in [1.807, 2.05) is 25.1 Å². The first-order valence-corrected chi connectivity index (χ1v) is 4.06. The molecule has 1 aromatic carbocycles. The molecule has 0 heterocycles. The van der Waals surface area contributed by atoms with E-state index in [-0.39, 0.29) is 0 Å². The van der Waals surface area contributed by atoms with E-state index in [0.29, 0.717) is 0 Å². The lowest BCUT2D eigenvalue weighted by molar-refractivity contribution is -0.103. The maximum atomic E-state index is 10.7. The number of hydrogen-bond acceptors (Lipinski definition) is 1. The van der Waals surface area contributed by atoms with Crippen molar-refractivity contribution in [2.24, 2.45) is 0 Å². The smallest absolute Gasteiger partial charge is 0.150 e. The number of allylic oxidation sites excluding steroid dienone is 2. The highest BCUT2D eigenvalue weighted by molar-refractivity contribution is 6.10. The van der Waals surface area contributed by atoms with Crippen molar-refractivity contribution in [2.75, 3.05) is 0 Å². The maximum Gasteiger partial charge on any atom is 0.150 e.